The molecule has 0 aliphatic heterocycles. The third-order valence-corrected chi connectivity index (χ3v) is 3.67. The van der Waals surface area contributed by atoms with Gasteiger partial charge < -0.3 is 14.6 Å². The molecular weight excluding hydrogens is 328 g/mol. The molecule has 2 aromatic rings. The van der Waals surface area contributed by atoms with Crippen molar-refractivity contribution in [1.82, 2.24) is 9.88 Å². The highest BCUT2D eigenvalue weighted by Crippen LogP contribution is 2.12. The molecule has 1 amide bonds. The van der Waals surface area contributed by atoms with Crippen molar-refractivity contribution in [1.29, 1.82) is 0 Å². The highest BCUT2D eigenvalue weighted by Gasteiger charge is 2.04. The molecule has 0 saturated heterocycles. The highest BCUT2D eigenvalue weighted by molar-refractivity contribution is 6.30. The Morgan fingerprint density at radius 2 is 1.96 bits per heavy atom. The van der Waals surface area contributed by atoms with E-state index in [0.29, 0.717) is 37.6 Å². The summed E-state index contributed by atoms with van der Waals surface area (Å²) in [6.45, 7) is 3.58. The maximum Gasteiger partial charge on any atom is 0.250 e. The van der Waals surface area contributed by atoms with Gasteiger partial charge in [-0.1, -0.05) is 23.7 Å². The number of hydrogen-bond acceptors (Lipinski definition) is 3. The number of aromatic nitrogens is 1. The topological polar surface area (TPSA) is 60.3 Å². The van der Waals surface area contributed by atoms with E-state index in [4.69, 9.17) is 16.3 Å². The fourth-order valence-electron chi connectivity index (χ4n) is 2.27. The third-order valence-electron chi connectivity index (χ3n) is 3.44. The number of benzene rings is 1. The molecule has 0 aliphatic rings. The predicted octanol–water partition coefficient (Wildman–Crippen LogP) is 2.65. The van der Waals surface area contributed by atoms with Crippen LogP contribution in [-0.4, -0.2) is 23.6 Å². The van der Waals surface area contributed by atoms with E-state index in [1.54, 1.807) is 16.8 Å². The predicted molar refractivity (Wildman–Crippen MR) is 94.7 cm³/mol. The zero-order valence-corrected chi connectivity index (χ0v) is 14.4. The molecule has 1 aromatic heterocycles. The number of ether oxygens (including phenoxy) is 1. The summed E-state index contributed by atoms with van der Waals surface area (Å²) in [5.41, 5.74) is 0.835. The van der Waals surface area contributed by atoms with Crippen LogP contribution in [0.2, 0.25) is 5.02 Å². The van der Waals surface area contributed by atoms with Crippen molar-refractivity contribution >= 4 is 17.5 Å². The second-order valence-electron chi connectivity index (χ2n) is 5.34. The van der Waals surface area contributed by atoms with Gasteiger partial charge in [-0.15, -0.1) is 0 Å². The van der Waals surface area contributed by atoms with Crippen molar-refractivity contribution in [3.63, 3.8) is 0 Å². The molecule has 0 fully saturated rings. The molecule has 0 aliphatic carbocycles. The van der Waals surface area contributed by atoms with Crippen molar-refractivity contribution in [2.24, 2.45) is 0 Å². The minimum atomic E-state index is -0.0971. The quantitative estimate of drug-likeness (QED) is 0.746. The van der Waals surface area contributed by atoms with E-state index < -0.39 is 0 Å². The van der Waals surface area contributed by atoms with Gasteiger partial charge >= 0.3 is 0 Å². The van der Waals surface area contributed by atoms with Crippen LogP contribution in [0.25, 0.3) is 0 Å². The van der Waals surface area contributed by atoms with Crippen molar-refractivity contribution in [3.05, 3.63) is 63.5 Å². The fourth-order valence-corrected chi connectivity index (χ4v) is 2.45. The lowest BCUT2D eigenvalue weighted by Gasteiger charge is -2.08. The smallest absolute Gasteiger partial charge is 0.250 e. The first-order chi connectivity index (χ1) is 11.6. The average molecular weight is 349 g/mol. The van der Waals surface area contributed by atoms with Gasteiger partial charge in [-0.2, -0.15) is 0 Å². The van der Waals surface area contributed by atoms with Crippen LogP contribution in [-0.2, 0) is 17.8 Å². The van der Waals surface area contributed by atoms with Gasteiger partial charge in [-0.3, -0.25) is 9.59 Å². The first-order valence-electron chi connectivity index (χ1n) is 7.93. The second-order valence-corrected chi connectivity index (χ2v) is 5.77. The molecule has 0 radical (unpaired) electrons. The molecule has 128 valence electrons. The summed E-state index contributed by atoms with van der Waals surface area (Å²) in [6.07, 6.45) is 2.59. The van der Waals surface area contributed by atoms with Gasteiger partial charge in [-0.05, 0) is 37.1 Å². The van der Waals surface area contributed by atoms with Gasteiger partial charge in [0.15, 0.2) is 0 Å². The second kappa shape index (κ2) is 9.13. The van der Waals surface area contributed by atoms with Crippen LogP contribution in [0.5, 0.6) is 5.75 Å². The Morgan fingerprint density at radius 1 is 1.21 bits per heavy atom. The van der Waals surface area contributed by atoms with Crippen LogP contribution in [0.3, 0.4) is 0 Å². The van der Waals surface area contributed by atoms with E-state index in [2.05, 4.69) is 5.32 Å². The summed E-state index contributed by atoms with van der Waals surface area (Å²) >= 11 is 5.86. The summed E-state index contributed by atoms with van der Waals surface area (Å²) in [6, 6.07) is 10.5. The van der Waals surface area contributed by atoms with E-state index in [9.17, 15) is 9.59 Å². The fraction of sp³-hybridized carbons (Fsp3) is 0.333. The lowest BCUT2D eigenvalue weighted by molar-refractivity contribution is -0.120. The highest BCUT2D eigenvalue weighted by atomic mass is 35.5. The van der Waals surface area contributed by atoms with Crippen LogP contribution in [0, 0.1) is 0 Å². The standard InChI is InChI=1S/C18H21ClN2O3/c1-2-24-16-7-4-14(5-8-16)12-17(22)20-10-3-11-21-13-15(19)6-9-18(21)23/h4-9,13H,2-3,10-12H2,1H3,(H,20,22). The molecule has 0 saturated carbocycles. The van der Waals surface area contributed by atoms with Crippen molar-refractivity contribution in [2.75, 3.05) is 13.2 Å². The Kier molecular flexibility index (Phi) is 6.88. The normalized spacial score (nSPS) is 10.4. The maximum atomic E-state index is 11.9. The van der Waals surface area contributed by atoms with Crippen LogP contribution >= 0.6 is 11.6 Å². The lowest BCUT2D eigenvalue weighted by atomic mass is 10.1. The van der Waals surface area contributed by atoms with Gasteiger partial charge in [0.2, 0.25) is 5.91 Å². The van der Waals surface area contributed by atoms with E-state index in [1.165, 1.54) is 6.07 Å². The van der Waals surface area contributed by atoms with Crippen LogP contribution in [0.1, 0.15) is 18.9 Å². The number of nitrogens with zero attached hydrogens (tertiary/aromatic N) is 1. The van der Waals surface area contributed by atoms with Crippen LogP contribution in [0.4, 0.5) is 0 Å². The molecule has 2 rings (SSSR count). The van der Waals surface area contributed by atoms with Gasteiger partial charge in [0.1, 0.15) is 5.75 Å². The molecule has 1 aromatic carbocycles. The molecule has 5 nitrogen and oxygen atoms in total. The van der Waals surface area contributed by atoms with Crippen LogP contribution < -0.4 is 15.6 Å². The summed E-state index contributed by atoms with van der Waals surface area (Å²) in [7, 11) is 0. The summed E-state index contributed by atoms with van der Waals surface area (Å²) in [4.78, 5) is 23.5. The lowest BCUT2D eigenvalue weighted by Crippen LogP contribution is -2.28. The minimum absolute atomic E-state index is 0.0439. The zero-order chi connectivity index (χ0) is 17.4. The monoisotopic (exact) mass is 348 g/mol. The van der Waals surface area contributed by atoms with E-state index in [1.807, 2.05) is 31.2 Å². The van der Waals surface area contributed by atoms with Gasteiger partial charge in [0, 0.05) is 25.4 Å². The molecule has 0 atom stereocenters. The van der Waals surface area contributed by atoms with E-state index >= 15 is 0 Å². The summed E-state index contributed by atoms with van der Waals surface area (Å²) in [5, 5.41) is 3.38. The number of pyridine rings is 1. The molecule has 1 N–H and O–H groups in total. The Bertz CT molecular complexity index is 726. The van der Waals surface area contributed by atoms with E-state index in [0.717, 1.165) is 11.3 Å². The van der Waals surface area contributed by atoms with Crippen molar-refractivity contribution < 1.29 is 9.53 Å². The van der Waals surface area contributed by atoms with Gasteiger partial charge in [-0.25, -0.2) is 0 Å². The Labute approximate surface area is 146 Å². The molecular formula is C18H21ClN2O3. The number of aryl methyl sites for hydroxylation is 1. The SMILES string of the molecule is CCOc1ccc(CC(=O)NCCCn2cc(Cl)ccc2=O)cc1. The number of amides is 1. The number of nitrogens with one attached hydrogen (secondary N) is 1. The average Bonchev–Trinajstić information content (AvgIpc) is 2.57. The number of halogens is 1. The van der Waals surface area contributed by atoms with Gasteiger partial charge in [0.05, 0.1) is 18.1 Å². The molecule has 0 bridgehead atoms. The summed E-state index contributed by atoms with van der Waals surface area (Å²) in [5.74, 6) is 0.756. The summed E-state index contributed by atoms with van der Waals surface area (Å²) < 4.78 is 6.91. The molecule has 0 unspecified atom stereocenters. The zero-order valence-electron chi connectivity index (χ0n) is 13.6. The molecule has 0 spiro atoms. The minimum Gasteiger partial charge on any atom is -0.494 e. The number of carbonyl (C=O) groups excluding carboxylic acids is 1. The number of carbonyl (C=O) groups is 1. The Morgan fingerprint density at radius 3 is 2.67 bits per heavy atom. The number of rotatable bonds is 8. The Balaban J connectivity index is 1.73. The van der Waals surface area contributed by atoms with Crippen LogP contribution in [0.15, 0.2) is 47.4 Å². The molecule has 1 heterocycles. The first kappa shape index (κ1) is 18.1. The van der Waals surface area contributed by atoms with Crippen molar-refractivity contribution in [2.45, 2.75) is 26.3 Å². The third kappa shape index (κ3) is 5.74. The van der Waals surface area contributed by atoms with E-state index in [-0.39, 0.29) is 11.5 Å². The van der Waals surface area contributed by atoms with Gasteiger partial charge in [0.25, 0.3) is 5.56 Å². The largest absolute Gasteiger partial charge is 0.494 e. The number of hydrogen-bond donors (Lipinski definition) is 1. The maximum absolute atomic E-state index is 11.9. The Hall–Kier alpha value is -2.27. The van der Waals surface area contributed by atoms with Crippen molar-refractivity contribution in [3.8, 4) is 5.75 Å². The molecule has 24 heavy (non-hydrogen) atoms. The first-order valence-corrected chi connectivity index (χ1v) is 8.30. The molecule has 6 heteroatoms.